The first-order chi connectivity index (χ1) is 17.2. The van der Waals surface area contributed by atoms with E-state index in [2.05, 4.69) is 11.0 Å². The number of nitrogens with zero attached hydrogens (tertiary/aromatic N) is 3. The number of fused-ring (bicyclic) bond motifs is 1. The molecular formula is C27H28FN3O5. The van der Waals surface area contributed by atoms with Crippen LogP contribution in [0.2, 0.25) is 0 Å². The van der Waals surface area contributed by atoms with Crippen molar-refractivity contribution in [3.63, 3.8) is 0 Å². The molecule has 0 radical (unpaired) electrons. The lowest BCUT2D eigenvalue weighted by atomic mass is 9.96. The van der Waals surface area contributed by atoms with Crippen molar-refractivity contribution < 1.29 is 29.0 Å². The first-order valence-electron chi connectivity index (χ1n) is 11.7. The van der Waals surface area contributed by atoms with E-state index in [4.69, 9.17) is 15.5 Å². The number of piperidine rings is 1. The fraction of sp³-hybridized carbons (Fsp3) is 0.333. The molecule has 2 aromatic carbocycles. The van der Waals surface area contributed by atoms with Gasteiger partial charge in [-0.3, -0.25) is 4.79 Å². The Balaban J connectivity index is 0.000000392. The van der Waals surface area contributed by atoms with E-state index < -0.39 is 11.9 Å². The molecule has 0 spiro atoms. The number of hydrogen-bond acceptors (Lipinski definition) is 5. The molecule has 0 aromatic heterocycles. The molecule has 0 atom stereocenters. The number of nitriles is 1. The summed E-state index contributed by atoms with van der Waals surface area (Å²) in [6, 6.07) is 14.2. The fourth-order valence-corrected chi connectivity index (χ4v) is 4.38. The first kappa shape index (κ1) is 26.6. The summed E-state index contributed by atoms with van der Waals surface area (Å²) in [4.78, 5) is 36.1. The number of benzene rings is 2. The van der Waals surface area contributed by atoms with Crippen molar-refractivity contribution in [3.05, 3.63) is 82.7 Å². The summed E-state index contributed by atoms with van der Waals surface area (Å²) in [5, 5.41) is 24.7. The Hall–Kier alpha value is -4.03. The van der Waals surface area contributed by atoms with Gasteiger partial charge in [0.2, 0.25) is 0 Å². The topological polar surface area (TPSA) is 122 Å². The molecule has 9 heteroatoms. The summed E-state index contributed by atoms with van der Waals surface area (Å²) >= 11 is 0. The molecule has 8 nitrogen and oxygen atoms in total. The SMILES string of the molecule is N#Cc1ccc2c(c1)CN(CC1CCN(CCc3ccc(F)cc3)CC1)C2=O.O=C(O)C=CC(=O)O. The lowest BCUT2D eigenvalue weighted by Crippen LogP contribution is -2.39. The molecule has 1 amide bonds. The first-order valence-corrected chi connectivity index (χ1v) is 11.7. The van der Waals surface area contributed by atoms with Crippen molar-refractivity contribution in [1.29, 1.82) is 5.26 Å². The second kappa shape index (κ2) is 12.6. The van der Waals surface area contributed by atoms with Crippen LogP contribution >= 0.6 is 0 Å². The van der Waals surface area contributed by atoms with E-state index in [-0.39, 0.29) is 11.7 Å². The molecule has 0 aliphatic carbocycles. The number of carbonyl (C=O) groups is 3. The van der Waals surface area contributed by atoms with Crippen LogP contribution in [0.3, 0.4) is 0 Å². The van der Waals surface area contributed by atoms with E-state index in [0.29, 0.717) is 30.2 Å². The lowest BCUT2D eigenvalue weighted by Gasteiger charge is -2.33. The molecule has 2 heterocycles. The highest BCUT2D eigenvalue weighted by molar-refractivity contribution is 5.98. The number of rotatable bonds is 7. The molecule has 1 saturated heterocycles. The number of aliphatic carboxylic acids is 2. The second-order valence-electron chi connectivity index (χ2n) is 8.84. The van der Waals surface area contributed by atoms with Crippen LogP contribution < -0.4 is 0 Å². The molecule has 36 heavy (non-hydrogen) atoms. The molecule has 2 aromatic rings. The minimum atomic E-state index is -1.26. The Morgan fingerprint density at radius 1 is 1.06 bits per heavy atom. The van der Waals surface area contributed by atoms with Crippen LogP contribution in [0.25, 0.3) is 0 Å². The Kier molecular flexibility index (Phi) is 9.31. The van der Waals surface area contributed by atoms with Crippen molar-refractivity contribution >= 4 is 17.8 Å². The third-order valence-corrected chi connectivity index (χ3v) is 6.30. The summed E-state index contributed by atoms with van der Waals surface area (Å²) in [5.41, 5.74) is 3.50. The van der Waals surface area contributed by atoms with Gasteiger partial charge in [-0.1, -0.05) is 12.1 Å². The van der Waals surface area contributed by atoms with E-state index in [1.54, 1.807) is 12.1 Å². The van der Waals surface area contributed by atoms with Crippen LogP contribution in [0.5, 0.6) is 0 Å². The Bertz CT molecular complexity index is 1150. The zero-order chi connectivity index (χ0) is 26.1. The van der Waals surface area contributed by atoms with Gasteiger partial charge < -0.3 is 20.0 Å². The average Bonchev–Trinajstić information content (AvgIpc) is 3.17. The molecular weight excluding hydrogens is 465 g/mol. The van der Waals surface area contributed by atoms with Gasteiger partial charge in [0.15, 0.2) is 0 Å². The maximum atomic E-state index is 13.0. The highest BCUT2D eigenvalue weighted by atomic mass is 19.1. The Morgan fingerprint density at radius 3 is 2.28 bits per heavy atom. The van der Waals surface area contributed by atoms with Crippen LogP contribution in [0.1, 0.15) is 39.9 Å². The van der Waals surface area contributed by atoms with Gasteiger partial charge in [-0.15, -0.1) is 0 Å². The summed E-state index contributed by atoms with van der Waals surface area (Å²) in [6.07, 6.45) is 4.23. The Morgan fingerprint density at radius 2 is 1.69 bits per heavy atom. The molecule has 2 aliphatic rings. The fourth-order valence-electron chi connectivity index (χ4n) is 4.38. The van der Waals surface area contributed by atoms with Crippen molar-refractivity contribution in [2.24, 2.45) is 5.92 Å². The molecule has 4 rings (SSSR count). The van der Waals surface area contributed by atoms with E-state index in [9.17, 15) is 18.8 Å². The zero-order valence-electron chi connectivity index (χ0n) is 19.8. The van der Waals surface area contributed by atoms with E-state index in [0.717, 1.165) is 56.6 Å². The molecule has 2 N–H and O–H groups in total. The summed E-state index contributed by atoms with van der Waals surface area (Å²) in [7, 11) is 0. The molecule has 0 saturated carbocycles. The number of likely N-dealkylation sites (tertiary alicyclic amines) is 1. The largest absolute Gasteiger partial charge is 0.478 e. The quantitative estimate of drug-likeness (QED) is 0.568. The number of carbonyl (C=O) groups excluding carboxylic acids is 1. The number of carboxylic acid groups (broad SMARTS) is 2. The second-order valence-corrected chi connectivity index (χ2v) is 8.84. The predicted octanol–water partition coefficient (Wildman–Crippen LogP) is 3.32. The highest BCUT2D eigenvalue weighted by Gasteiger charge is 2.30. The number of hydrogen-bond donors (Lipinski definition) is 2. The van der Waals surface area contributed by atoms with E-state index >= 15 is 0 Å². The monoisotopic (exact) mass is 493 g/mol. The third kappa shape index (κ3) is 7.75. The van der Waals surface area contributed by atoms with Crippen LogP contribution in [0.15, 0.2) is 54.6 Å². The van der Waals surface area contributed by atoms with Crippen LogP contribution in [-0.4, -0.2) is 64.0 Å². The van der Waals surface area contributed by atoms with Crippen molar-refractivity contribution in [3.8, 4) is 6.07 Å². The maximum Gasteiger partial charge on any atom is 0.328 e. The minimum Gasteiger partial charge on any atom is -0.478 e. The minimum absolute atomic E-state index is 0.0956. The Labute approximate surface area is 208 Å². The normalized spacial score (nSPS) is 15.8. The van der Waals surface area contributed by atoms with E-state index in [1.165, 1.54) is 17.7 Å². The van der Waals surface area contributed by atoms with Gasteiger partial charge in [0.25, 0.3) is 5.91 Å². The molecule has 0 bridgehead atoms. The smallest absolute Gasteiger partial charge is 0.328 e. The molecule has 188 valence electrons. The van der Waals surface area contributed by atoms with Crippen molar-refractivity contribution in [2.75, 3.05) is 26.2 Å². The van der Waals surface area contributed by atoms with Crippen LogP contribution in [-0.2, 0) is 22.6 Å². The third-order valence-electron chi connectivity index (χ3n) is 6.30. The van der Waals surface area contributed by atoms with Gasteiger partial charge in [0.05, 0.1) is 11.6 Å². The number of carboxylic acids is 2. The molecule has 2 aliphatic heterocycles. The lowest BCUT2D eigenvalue weighted by molar-refractivity contribution is -0.134. The standard InChI is InChI=1S/C23H24FN3O.C4H4O4/c24-21-4-1-17(2-5-21)7-10-26-11-8-18(9-12-26)15-27-16-20-13-19(14-25)3-6-22(20)23(27)28;5-3(6)1-2-4(7)8/h1-6,13,18H,7-12,15-16H2;1-2H,(H,5,6)(H,7,8). The summed E-state index contributed by atoms with van der Waals surface area (Å²) in [6.45, 7) is 4.48. The highest BCUT2D eigenvalue weighted by Crippen LogP contribution is 2.27. The molecule has 0 unspecified atom stereocenters. The maximum absolute atomic E-state index is 13.0. The molecule has 1 fully saturated rings. The number of halogens is 1. The van der Waals surface area contributed by atoms with Gasteiger partial charge in [0, 0.05) is 37.3 Å². The van der Waals surface area contributed by atoms with Crippen LogP contribution in [0.4, 0.5) is 4.39 Å². The van der Waals surface area contributed by atoms with Gasteiger partial charge in [-0.05, 0) is 79.7 Å². The van der Waals surface area contributed by atoms with Crippen molar-refractivity contribution in [2.45, 2.75) is 25.8 Å². The van der Waals surface area contributed by atoms with Gasteiger partial charge >= 0.3 is 11.9 Å². The predicted molar refractivity (Wildman–Crippen MR) is 130 cm³/mol. The van der Waals surface area contributed by atoms with Gasteiger partial charge in [-0.2, -0.15) is 5.26 Å². The number of amides is 1. The van der Waals surface area contributed by atoms with Crippen LogP contribution in [0, 0.1) is 23.1 Å². The zero-order valence-corrected chi connectivity index (χ0v) is 19.8. The van der Waals surface area contributed by atoms with E-state index in [1.807, 2.05) is 23.1 Å². The van der Waals surface area contributed by atoms with Gasteiger partial charge in [-0.25, -0.2) is 14.0 Å². The van der Waals surface area contributed by atoms with Crippen molar-refractivity contribution in [1.82, 2.24) is 9.80 Å². The summed E-state index contributed by atoms with van der Waals surface area (Å²) in [5.74, 6) is -2.08. The average molecular weight is 494 g/mol. The van der Waals surface area contributed by atoms with Gasteiger partial charge in [0.1, 0.15) is 5.82 Å². The summed E-state index contributed by atoms with van der Waals surface area (Å²) < 4.78 is 13.0.